The fraction of sp³-hybridized carbons (Fsp3) is 0.450. The number of carbonyl (C=O) groups excluding carboxylic acids is 1. The van der Waals surface area contributed by atoms with Crippen LogP contribution in [-0.2, 0) is 11.3 Å². The zero-order chi connectivity index (χ0) is 16.8. The lowest BCUT2D eigenvalue weighted by Gasteiger charge is -2.30. The molecule has 5 heteroatoms. The highest BCUT2D eigenvalue weighted by Crippen LogP contribution is 2.26. The van der Waals surface area contributed by atoms with Gasteiger partial charge in [-0.05, 0) is 72.3 Å². The Balaban J connectivity index is 0.00000225. The van der Waals surface area contributed by atoms with E-state index >= 15 is 0 Å². The van der Waals surface area contributed by atoms with Crippen LogP contribution in [0.25, 0.3) is 0 Å². The maximum Gasteiger partial charge on any atom is 0.227 e. The van der Waals surface area contributed by atoms with E-state index in [1.807, 2.05) is 35.2 Å². The van der Waals surface area contributed by atoms with Gasteiger partial charge in [0.1, 0.15) is 0 Å². The van der Waals surface area contributed by atoms with Crippen molar-refractivity contribution in [3.8, 4) is 0 Å². The van der Waals surface area contributed by atoms with Gasteiger partial charge in [0.25, 0.3) is 0 Å². The number of anilines is 1. The number of nitrogens with one attached hydrogen (secondary N) is 1. The van der Waals surface area contributed by atoms with Gasteiger partial charge in [-0.2, -0.15) is 11.3 Å². The van der Waals surface area contributed by atoms with Crippen molar-refractivity contribution in [3.63, 3.8) is 0 Å². The Bertz CT molecular complexity index is 626. The van der Waals surface area contributed by atoms with Crippen molar-refractivity contribution >= 4 is 35.3 Å². The molecule has 3 rings (SSSR count). The second-order valence-corrected chi connectivity index (χ2v) is 7.51. The van der Waals surface area contributed by atoms with Crippen LogP contribution in [0.5, 0.6) is 0 Å². The summed E-state index contributed by atoms with van der Waals surface area (Å²) in [7, 11) is 0. The molecule has 2 aromatic rings. The second kappa shape index (κ2) is 9.95. The zero-order valence-corrected chi connectivity index (χ0v) is 16.3. The van der Waals surface area contributed by atoms with Gasteiger partial charge in [0.2, 0.25) is 5.91 Å². The van der Waals surface area contributed by atoms with Crippen LogP contribution in [0, 0.1) is 11.8 Å². The smallest absolute Gasteiger partial charge is 0.227 e. The minimum Gasteiger partial charge on any atom is -0.316 e. The Morgan fingerprint density at radius 2 is 2.12 bits per heavy atom. The number of amides is 1. The van der Waals surface area contributed by atoms with Crippen LogP contribution in [0.3, 0.4) is 0 Å². The van der Waals surface area contributed by atoms with E-state index < -0.39 is 0 Å². The van der Waals surface area contributed by atoms with E-state index in [0.29, 0.717) is 24.8 Å². The van der Waals surface area contributed by atoms with Crippen LogP contribution < -0.4 is 10.2 Å². The Kier molecular flexibility index (Phi) is 7.94. The van der Waals surface area contributed by atoms with Gasteiger partial charge in [-0.15, -0.1) is 12.4 Å². The number of thiophene rings is 1. The quantitative estimate of drug-likeness (QED) is 0.788. The SMILES string of the molecule is CC(CC(=O)N(Cc1ccsc1)c1ccccc1)C1CCCNC1.Cl. The predicted octanol–water partition coefficient (Wildman–Crippen LogP) is 4.73. The summed E-state index contributed by atoms with van der Waals surface area (Å²) in [6.07, 6.45) is 3.07. The number of piperidine rings is 1. The van der Waals surface area contributed by atoms with Crippen LogP contribution in [0.4, 0.5) is 5.69 Å². The number of carbonyl (C=O) groups is 1. The summed E-state index contributed by atoms with van der Waals surface area (Å²) in [4.78, 5) is 15.0. The van der Waals surface area contributed by atoms with Crippen LogP contribution >= 0.6 is 23.7 Å². The van der Waals surface area contributed by atoms with E-state index in [0.717, 1.165) is 18.8 Å². The van der Waals surface area contributed by atoms with Gasteiger partial charge in [0.05, 0.1) is 6.54 Å². The first-order valence-electron chi connectivity index (χ1n) is 8.81. The maximum atomic E-state index is 13.0. The molecule has 0 spiro atoms. The van der Waals surface area contributed by atoms with E-state index in [-0.39, 0.29) is 18.3 Å². The average Bonchev–Trinajstić information content (AvgIpc) is 3.14. The van der Waals surface area contributed by atoms with Gasteiger partial charge in [0.15, 0.2) is 0 Å². The molecular weight excluding hydrogens is 352 g/mol. The number of halogens is 1. The molecule has 1 amide bonds. The van der Waals surface area contributed by atoms with Gasteiger partial charge < -0.3 is 10.2 Å². The highest BCUT2D eigenvalue weighted by atomic mass is 35.5. The predicted molar refractivity (Wildman–Crippen MR) is 109 cm³/mol. The van der Waals surface area contributed by atoms with E-state index in [4.69, 9.17) is 0 Å². The molecule has 1 aromatic heterocycles. The van der Waals surface area contributed by atoms with E-state index in [1.165, 1.54) is 18.4 Å². The first-order valence-corrected chi connectivity index (χ1v) is 9.75. The summed E-state index contributed by atoms with van der Waals surface area (Å²) >= 11 is 1.68. The van der Waals surface area contributed by atoms with Crippen LogP contribution in [0.1, 0.15) is 31.7 Å². The van der Waals surface area contributed by atoms with Gasteiger partial charge in [-0.3, -0.25) is 4.79 Å². The normalized spacial score (nSPS) is 18.2. The molecule has 0 saturated carbocycles. The molecule has 1 fully saturated rings. The van der Waals surface area contributed by atoms with Crippen LogP contribution in [0.15, 0.2) is 47.2 Å². The zero-order valence-electron chi connectivity index (χ0n) is 14.7. The molecule has 2 heterocycles. The first kappa shape index (κ1) is 20.0. The van der Waals surface area contributed by atoms with Crippen molar-refractivity contribution in [1.82, 2.24) is 5.32 Å². The number of nitrogens with zero attached hydrogens (tertiary/aromatic N) is 1. The topological polar surface area (TPSA) is 32.3 Å². The molecule has 0 aliphatic carbocycles. The van der Waals surface area contributed by atoms with Crippen molar-refractivity contribution in [1.29, 1.82) is 0 Å². The van der Waals surface area contributed by atoms with Gasteiger partial charge >= 0.3 is 0 Å². The molecule has 1 aromatic carbocycles. The largest absolute Gasteiger partial charge is 0.316 e. The molecule has 2 unspecified atom stereocenters. The van der Waals surface area contributed by atoms with Crippen molar-refractivity contribution < 1.29 is 4.79 Å². The highest BCUT2D eigenvalue weighted by molar-refractivity contribution is 7.07. The minimum absolute atomic E-state index is 0. The minimum atomic E-state index is 0. The molecule has 3 nitrogen and oxygen atoms in total. The lowest BCUT2D eigenvalue weighted by molar-refractivity contribution is -0.120. The van der Waals surface area contributed by atoms with Crippen molar-refractivity contribution in [2.24, 2.45) is 11.8 Å². The number of para-hydroxylation sites is 1. The number of rotatable bonds is 6. The Morgan fingerprint density at radius 3 is 2.76 bits per heavy atom. The molecule has 2 atom stereocenters. The summed E-state index contributed by atoms with van der Waals surface area (Å²) in [6, 6.07) is 12.1. The third kappa shape index (κ3) is 5.56. The first-order chi connectivity index (χ1) is 11.7. The monoisotopic (exact) mass is 378 g/mol. The van der Waals surface area contributed by atoms with E-state index in [2.05, 4.69) is 29.1 Å². The Morgan fingerprint density at radius 1 is 1.32 bits per heavy atom. The maximum absolute atomic E-state index is 13.0. The van der Waals surface area contributed by atoms with E-state index in [1.54, 1.807) is 11.3 Å². The van der Waals surface area contributed by atoms with Crippen LogP contribution in [0.2, 0.25) is 0 Å². The third-order valence-electron chi connectivity index (χ3n) is 4.93. The summed E-state index contributed by atoms with van der Waals surface area (Å²) in [5, 5.41) is 7.65. The fourth-order valence-electron chi connectivity index (χ4n) is 3.41. The molecule has 0 radical (unpaired) electrons. The van der Waals surface area contributed by atoms with Crippen molar-refractivity contribution in [3.05, 3.63) is 52.7 Å². The Hall–Kier alpha value is -1.36. The molecule has 25 heavy (non-hydrogen) atoms. The standard InChI is InChI=1S/C20H26N2OS.ClH/c1-16(18-6-5-10-21-13-18)12-20(23)22(14-17-9-11-24-15-17)19-7-3-2-4-8-19;/h2-4,7-9,11,15-16,18,21H,5-6,10,12-14H2,1H3;1H. The third-order valence-corrected chi connectivity index (χ3v) is 5.66. The summed E-state index contributed by atoms with van der Waals surface area (Å²) in [5.41, 5.74) is 2.19. The number of hydrogen-bond donors (Lipinski definition) is 1. The summed E-state index contributed by atoms with van der Waals surface area (Å²) < 4.78 is 0. The fourth-order valence-corrected chi connectivity index (χ4v) is 4.07. The molecule has 1 N–H and O–H groups in total. The Labute approximate surface area is 160 Å². The molecular formula is C20H27ClN2OS. The molecule has 1 aliphatic heterocycles. The lowest BCUT2D eigenvalue weighted by Crippen LogP contribution is -2.37. The summed E-state index contributed by atoms with van der Waals surface area (Å²) in [5.74, 6) is 1.26. The van der Waals surface area contributed by atoms with Gasteiger partial charge in [-0.25, -0.2) is 0 Å². The molecule has 136 valence electrons. The van der Waals surface area contributed by atoms with Crippen molar-refractivity contribution in [2.75, 3.05) is 18.0 Å². The highest BCUT2D eigenvalue weighted by Gasteiger charge is 2.25. The van der Waals surface area contributed by atoms with Gasteiger partial charge in [-0.1, -0.05) is 25.1 Å². The summed E-state index contributed by atoms with van der Waals surface area (Å²) in [6.45, 7) is 5.04. The van der Waals surface area contributed by atoms with Crippen molar-refractivity contribution in [2.45, 2.75) is 32.7 Å². The van der Waals surface area contributed by atoms with Gasteiger partial charge in [0, 0.05) is 12.1 Å². The number of benzene rings is 1. The van der Waals surface area contributed by atoms with Crippen LogP contribution in [-0.4, -0.2) is 19.0 Å². The van der Waals surface area contributed by atoms with E-state index in [9.17, 15) is 4.79 Å². The average molecular weight is 379 g/mol. The molecule has 1 aliphatic rings. The number of hydrogen-bond acceptors (Lipinski definition) is 3. The molecule has 1 saturated heterocycles. The lowest BCUT2D eigenvalue weighted by atomic mass is 9.85. The second-order valence-electron chi connectivity index (χ2n) is 6.73. The molecule has 0 bridgehead atoms.